The molecule has 0 aliphatic rings. The van der Waals surface area contributed by atoms with Crippen LogP contribution in [0.5, 0.6) is 5.88 Å². The number of nitrogen functional groups attached to an aromatic ring is 1. The average Bonchev–Trinajstić information content (AvgIpc) is 3.00. The molecule has 146 valence electrons. The van der Waals surface area contributed by atoms with Gasteiger partial charge in [0.2, 0.25) is 17.5 Å². The number of imidazole rings is 1. The van der Waals surface area contributed by atoms with Crippen molar-refractivity contribution in [1.82, 2.24) is 19.7 Å². The number of ether oxygens (including phenoxy) is 1. The molecule has 2 aromatic heterocycles. The zero-order valence-corrected chi connectivity index (χ0v) is 15.9. The fraction of sp³-hybridized carbons (Fsp3) is 0.643. The van der Waals surface area contributed by atoms with E-state index in [2.05, 4.69) is 15.0 Å². The van der Waals surface area contributed by atoms with E-state index >= 15 is 0 Å². The first-order valence-corrected chi connectivity index (χ1v) is 9.89. The van der Waals surface area contributed by atoms with E-state index in [1.165, 1.54) is 18.2 Å². The number of rotatable bonds is 11. The summed E-state index contributed by atoms with van der Waals surface area (Å²) in [6, 6.07) is 0. The number of aromatic nitrogens is 4. The lowest BCUT2D eigenvalue weighted by atomic mass is 10.3. The molecule has 0 aliphatic heterocycles. The Labute approximate surface area is 150 Å². The van der Waals surface area contributed by atoms with Crippen molar-refractivity contribution in [3.8, 4) is 5.88 Å². The Bertz CT molecular complexity index is 760. The number of hydrogen-bond acceptors (Lipinski definition) is 10. The second kappa shape index (κ2) is 9.13. The maximum absolute atomic E-state index is 12.4. The Hall–Kier alpha value is -1.94. The molecule has 1 unspecified atom stereocenters. The average molecular weight is 389 g/mol. The molecular weight excluding hydrogens is 365 g/mol. The molecule has 0 saturated carbocycles. The van der Waals surface area contributed by atoms with Crippen LogP contribution in [-0.2, 0) is 13.6 Å². The highest BCUT2D eigenvalue weighted by Gasteiger charge is 2.25. The predicted molar refractivity (Wildman–Crippen MR) is 94.1 cm³/mol. The van der Waals surface area contributed by atoms with Crippen LogP contribution in [0, 0.1) is 0 Å². The molecule has 0 amide bonds. The van der Waals surface area contributed by atoms with Crippen LogP contribution in [0.3, 0.4) is 0 Å². The third kappa shape index (κ3) is 5.04. The molecule has 2 aromatic rings. The fourth-order valence-electron chi connectivity index (χ4n) is 2.22. The zero-order chi connectivity index (χ0) is 19.2. The molecule has 26 heavy (non-hydrogen) atoms. The minimum Gasteiger partial charge on any atom is -0.479 e. The topological polar surface area (TPSA) is 144 Å². The van der Waals surface area contributed by atoms with Crippen LogP contribution in [0.15, 0.2) is 6.33 Å². The maximum Gasteiger partial charge on any atom is 0.330 e. The van der Waals surface area contributed by atoms with Crippen LogP contribution < -0.4 is 15.3 Å². The molecule has 12 heteroatoms. The van der Waals surface area contributed by atoms with Gasteiger partial charge in [-0.15, -0.1) is 0 Å². The molecule has 11 nitrogen and oxygen atoms in total. The number of aliphatic hydroxyl groups is 1. The summed E-state index contributed by atoms with van der Waals surface area (Å²) in [7, 11) is -1.76. The summed E-state index contributed by atoms with van der Waals surface area (Å²) in [5.41, 5.74) is 6.33. The first-order valence-electron chi connectivity index (χ1n) is 8.16. The van der Waals surface area contributed by atoms with Gasteiger partial charge >= 0.3 is 7.60 Å². The summed E-state index contributed by atoms with van der Waals surface area (Å²) in [6.07, 6.45) is 0.763. The highest BCUT2D eigenvalue weighted by atomic mass is 31.2. The molecule has 0 saturated heterocycles. The normalized spacial score (nSPS) is 13.1. The summed E-state index contributed by atoms with van der Waals surface area (Å²) in [6.45, 7) is 3.94. The van der Waals surface area contributed by atoms with Gasteiger partial charge in [-0.3, -0.25) is 4.57 Å². The number of methoxy groups -OCH3 is 1. The Balaban J connectivity index is 1.97. The number of hydrogen-bond donors (Lipinski definition) is 2. The molecule has 1 atom stereocenters. The van der Waals surface area contributed by atoms with Crippen molar-refractivity contribution in [2.24, 2.45) is 0 Å². The zero-order valence-electron chi connectivity index (χ0n) is 15.0. The molecule has 0 radical (unpaired) electrons. The molecule has 3 N–H and O–H groups in total. The summed E-state index contributed by atoms with van der Waals surface area (Å²) in [5.74, 6) is 0.236. The van der Waals surface area contributed by atoms with Gasteiger partial charge in [0.15, 0.2) is 5.52 Å². The van der Waals surface area contributed by atoms with Crippen molar-refractivity contribution in [2.75, 3.05) is 38.8 Å². The van der Waals surface area contributed by atoms with Crippen molar-refractivity contribution >= 4 is 24.7 Å². The maximum atomic E-state index is 12.4. The van der Waals surface area contributed by atoms with Crippen LogP contribution in [0.1, 0.15) is 20.3 Å². The number of aliphatic hydroxyl groups excluding tert-OH is 1. The van der Waals surface area contributed by atoms with Crippen molar-refractivity contribution in [3.05, 3.63) is 6.33 Å². The van der Waals surface area contributed by atoms with E-state index in [9.17, 15) is 9.67 Å². The van der Waals surface area contributed by atoms with Gasteiger partial charge in [0.05, 0.1) is 32.6 Å². The number of fused-ring (bicyclic) bond motifs is 1. The van der Waals surface area contributed by atoms with Crippen LogP contribution >= 0.6 is 7.60 Å². The van der Waals surface area contributed by atoms with Crippen LogP contribution in [0.4, 0.5) is 5.95 Å². The summed E-state index contributed by atoms with van der Waals surface area (Å²) >= 11 is 0. The van der Waals surface area contributed by atoms with E-state index in [0.29, 0.717) is 11.2 Å². The van der Waals surface area contributed by atoms with Crippen molar-refractivity contribution in [2.45, 2.75) is 26.4 Å². The molecule has 2 heterocycles. The lowest BCUT2D eigenvalue weighted by molar-refractivity contribution is 0.0284. The van der Waals surface area contributed by atoms with Crippen LogP contribution in [0.25, 0.3) is 11.2 Å². The van der Waals surface area contributed by atoms with E-state index in [1.54, 1.807) is 13.8 Å². The van der Waals surface area contributed by atoms with Gasteiger partial charge in [-0.25, -0.2) is 4.98 Å². The quantitative estimate of drug-likeness (QED) is 0.531. The van der Waals surface area contributed by atoms with Gasteiger partial charge in [0, 0.05) is 0 Å². The van der Waals surface area contributed by atoms with Gasteiger partial charge in [0.1, 0.15) is 12.9 Å². The number of nitrogens with two attached hydrogens (primary N) is 1. The van der Waals surface area contributed by atoms with E-state index in [-0.39, 0.29) is 44.2 Å². The highest BCUT2D eigenvalue weighted by Crippen LogP contribution is 2.48. The summed E-state index contributed by atoms with van der Waals surface area (Å²) < 4.78 is 29.1. The highest BCUT2D eigenvalue weighted by molar-refractivity contribution is 7.53. The lowest BCUT2D eigenvalue weighted by Crippen LogP contribution is -2.25. The Morgan fingerprint density at radius 1 is 1.31 bits per heavy atom. The standard InChI is InChI=1S/C14H24N5O6P/c1-4-24-26(21,25-5-2)7-6-10(20)8-23-19-9-16-11-12(19)17-14(15)18-13(11)22-3/h9-10,20H,4-8H2,1-3H3,(H2,15,17,18). The second-order valence-electron chi connectivity index (χ2n) is 5.24. The van der Waals surface area contributed by atoms with Crippen LogP contribution in [-0.4, -0.2) is 64.0 Å². The SMILES string of the molecule is CCOP(=O)(CCC(O)COn1cnc2c(OC)nc(N)nc21)OCC. The first kappa shape index (κ1) is 20.4. The predicted octanol–water partition coefficient (Wildman–Crippen LogP) is 0.863. The number of nitrogens with zero attached hydrogens (tertiary/aromatic N) is 4. The molecule has 0 fully saturated rings. The first-order chi connectivity index (χ1) is 12.4. The Kier molecular flexibility index (Phi) is 7.15. The Morgan fingerprint density at radius 2 is 2.00 bits per heavy atom. The smallest absolute Gasteiger partial charge is 0.330 e. The van der Waals surface area contributed by atoms with E-state index in [0.717, 1.165) is 0 Å². The number of anilines is 1. The molecule has 0 aromatic carbocycles. The lowest BCUT2D eigenvalue weighted by Gasteiger charge is -2.18. The van der Waals surface area contributed by atoms with E-state index in [4.69, 9.17) is 24.4 Å². The Morgan fingerprint density at radius 3 is 2.62 bits per heavy atom. The molecule has 2 rings (SSSR count). The second-order valence-corrected chi connectivity index (χ2v) is 7.43. The summed E-state index contributed by atoms with van der Waals surface area (Å²) in [5, 5.41) is 10.1. The monoisotopic (exact) mass is 389 g/mol. The molecule has 0 bridgehead atoms. The third-order valence-electron chi connectivity index (χ3n) is 3.34. The van der Waals surface area contributed by atoms with Crippen LogP contribution in [0.2, 0.25) is 0 Å². The van der Waals surface area contributed by atoms with Crippen molar-refractivity contribution < 1.29 is 28.3 Å². The van der Waals surface area contributed by atoms with Crippen molar-refractivity contribution in [3.63, 3.8) is 0 Å². The van der Waals surface area contributed by atoms with Gasteiger partial charge in [-0.1, -0.05) is 0 Å². The van der Waals surface area contributed by atoms with Gasteiger partial charge in [0.25, 0.3) is 0 Å². The minimum atomic E-state index is -3.20. The summed E-state index contributed by atoms with van der Waals surface area (Å²) in [4.78, 5) is 17.6. The molecular formula is C14H24N5O6P. The largest absolute Gasteiger partial charge is 0.479 e. The van der Waals surface area contributed by atoms with Crippen molar-refractivity contribution in [1.29, 1.82) is 0 Å². The fourth-order valence-corrected chi connectivity index (χ4v) is 3.96. The minimum absolute atomic E-state index is 0.00890. The third-order valence-corrected chi connectivity index (χ3v) is 5.45. The van der Waals surface area contributed by atoms with E-state index < -0.39 is 13.7 Å². The molecule has 0 aliphatic carbocycles. The molecule has 0 spiro atoms. The van der Waals surface area contributed by atoms with Gasteiger partial charge in [-0.2, -0.15) is 14.7 Å². The van der Waals surface area contributed by atoms with Gasteiger partial charge < -0.3 is 29.5 Å². The van der Waals surface area contributed by atoms with Gasteiger partial charge in [-0.05, 0) is 20.3 Å². The van der Waals surface area contributed by atoms with E-state index in [1.807, 2.05) is 0 Å².